The predicted octanol–water partition coefficient (Wildman–Crippen LogP) is 3.35. The van der Waals surface area contributed by atoms with E-state index in [9.17, 15) is 9.18 Å². The quantitative estimate of drug-likeness (QED) is 0.806. The van der Waals surface area contributed by atoms with Crippen LogP contribution in [-0.2, 0) is 7.05 Å². The van der Waals surface area contributed by atoms with Crippen molar-refractivity contribution in [2.45, 2.75) is 19.9 Å². The van der Waals surface area contributed by atoms with Crippen LogP contribution in [0.2, 0.25) is 0 Å². The number of fused-ring (bicyclic) bond motifs is 1. The standard InChI is InChI=1S/C16H17FN4O/c1-10(2)21-9-13(8-18-21)19-16(22)15-6-11-4-5-12(17)7-14(11)20(15)3/h4-10H,1-3H3,(H,19,22). The van der Waals surface area contributed by atoms with E-state index in [1.165, 1.54) is 12.1 Å². The molecule has 0 unspecified atom stereocenters. The van der Waals surface area contributed by atoms with Gasteiger partial charge in [0.15, 0.2) is 0 Å². The number of hydrogen-bond acceptors (Lipinski definition) is 2. The van der Waals surface area contributed by atoms with Crippen LogP contribution >= 0.6 is 0 Å². The van der Waals surface area contributed by atoms with Crippen LogP contribution in [0.3, 0.4) is 0 Å². The Bertz CT molecular complexity index is 847. The van der Waals surface area contributed by atoms with Crippen LogP contribution in [0.5, 0.6) is 0 Å². The summed E-state index contributed by atoms with van der Waals surface area (Å²) in [6.45, 7) is 4.02. The van der Waals surface area contributed by atoms with E-state index in [0.717, 1.165) is 5.39 Å². The molecule has 0 aliphatic heterocycles. The fraction of sp³-hybridized carbons (Fsp3) is 0.250. The minimum atomic E-state index is -0.320. The first kappa shape index (κ1) is 14.3. The first-order valence-electron chi connectivity index (χ1n) is 7.06. The lowest BCUT2D eigenvalue weighted by Gasteiger charge is -2.05. The highest BCUT2D eigenvalue weighted by Gasteiger charge is 2.15. The number of carbonyl (C=O) groups is 1. The summed E-state index contributed by atoms with van der Waals surface area (Å²) < 4.78 is 16.8. The number of benzene rings is 1. The Morgan fingerprint density at radius 3 is 2.77 bits per heavy atom. The minimum absolute atomic E-state index is 0.228. The van der Waals surface area contributed by atoms with Crippen LogP contribution in [0.4, 0.5) is 10.1 Å². The number of hydrogen-bond donors (Lipinski definition) is 1. The van der Waals surface area contributed by atoms with Crippen molar-refractivity contribution in [1.82, 2.24) is 14.3 Å². The average Bonchev–Trinajstić information content (AvgIpc) is 3.05. The first-order chi connectivity index (χ1) is 10.5. The fourth-order valence-electron chi connectivity index (χ4n) is 2.40. The molecule has 0 fully saturated rings. The third kappa shape index (κ3) is 2.47. The first-order valence-corrected chi connectivity index (χ1v) is 7.06. The van der Waals surface area contributed by atoms with E-state index >= 15 is 0 Å². The number of nitrogens with zero attached hydrogens (tertiary/aromatic N) is 3. The maximum Gasteiger partial charge on any atom is 0.272 e. The summed E-state index contributed by atoms with van der Waals surface area (Å²) in [5.74, 6) is -0.568. The summed E-state index contributed by atoms with van der Waals surface area (Å²) in [5.41, 5.74) is 1.79. The van der Waals surface area contributed by atoms with Crippen molar-refractivity contribution in [3.8, 4) is 0 Å². The van der Waals surface area contributed by atoms with Gasteiger partial charge in [0.2, 0.25) is 0 Å². The molecule has 0 radical (unpaired) electrons. The van der Waals surface area contributed by atoms with Gasteiger partial charge in [0.1, 0.15) is 11.5 Å². The Morgan fingerprint density at radius 1 is 1.32 bits per heavy atom. The van der Waals surface area contributed by atoms with Crippen molar-refractivity contribution < 1.29 is 9.18 Å². The number of amides is 1. The highest BCUT2D eigenvalue weighted by Crippen LogP contribution is 2.21. The van der Waals surface area contributed by atoms with E-state index in [0.29, 0.717) is 16.9 Å². The summed E-state index contributed by atoms with van der Waals surface area (Å²) in [7, 11) is 1.74. The van der Waals surface area contributed by atoms with E-state index < -0.39 is 0 Å². The Hall–Kier alpha value is -2.63. The lowest BCUT2D eigenvalue weighted by atomic mass is 10.2. The summed E-state index contributed by atoms with van der Waals surface area (Å²) in [5, 5.41) is 7.82. The largest absolute Gasteiger partial charge is 0.340 e. The molecule has 2 aromatic heterocycles. The molecule has 0 atom stereocenters. The molecule has 6 heteroatoms. The Morgan fingerprint density at radius 2 is 2.09 bits per heavy atom. The van der Waals surface area contributed by atoms with Crippen molar-refractivity contribution in [3.05, 3.63) is 48.2 Å². The number of aryl methyl sites for hydroxylation is 1. The third-order valence-electron chi connectivity index (χ3n) is 3.63. The second-order valence-electron chi connectivity index (χ2n) is 5.55. The monoisotopic (exact) mass is 300 g/mol. The van der Waals surface area contributed by atoms with Gasteiger partial charge in [-0.25, -0.2) is 4.39 Å². The number of aromatic nitrogens is 3. The normalized spacial score (nSPS) is 11.3. The van der Waals surface area contributed by atoms with Crippen LogP contribution in [-0.4, -0.2) is 20.3 Å². The predicted molar refractivity (Wildman–Crippen MR) is 83.4 cm³/mol. The van der Waals surface area contributed by atoms with Crippen LogP contribution in [0.25, 0.3) is 10.9 Å². The summed E-state index contributed by atoms with van der Waals surface area (Å²) in [6.07, 6.45) is 3.39. The van der Waals surface area contributed by atoms with Crippen LogP contribution in [0, 0.1) is 5.82 Å². The van der Waals surface area contributed by atoms with Crippen LogP contribution in [0.1, 0.15) is 30.4 Å². The van der Waals surface area contributed by atoms with Crippen molar-refractivity contribution in [3.63, 3.8) is 0 Å². The number of rotatable bonds is 3. The number of anilines is 1. The van der Waals surface area contributed by atoms with Crippen molar-refractivity contribution in [1.29, 1.82) is 0 Å². The Balaban J connectivity index is 1.90. The van der Waals surface area contributed by atoms with Gasteiger partial charge in [-0.3, -0.25) is 9.48 Å². The molecule has 2 heterocycles. The number of nitrogens with one attached hydrogen (secondary N) is 1. The van der Waals surface area contributed by atoms with Crippen molar-refractivity contribution in [2.24, 2.45) is 7.05 Å². The minimum Gasteiger partial charge on any atom is -0.340 e. The second-order valence-corrected chi connectivity index (χ2v) is 5.55. The maximum absolute atomic E-state index is 13.3. The number of carbonyl (C=O) groups excluding carboxylic acids is 1. The third-order valence-corrected chi connectivity index (χ3v) is 3.63. The van der Waals surface area contributed by atoms with E-state index in [1.54, 1.807) is 40.8 Å². The van der Waals surface area contributed by atoms with E-state index in [4.69, 9.17) is 0 Å². The van der Waals surface area contributed by atoms with Crippen LogP contribution < -0.4 is 5.32 Å². The molecule has 1 aromatic carbocycles. The average molecular weight is 300 g/mol. The molecule has 0 aliphatic rings. The molecule has 0 aliphatic carbocycles. The van der Waals surface area contributed by atoms with E-state index in [1.807, 2.05) is 13.8 Å². The van der Waals surface area contributed by atoms with Gasteiger partial charge in [-0.05, 0) is 38.1 Å². The molecule has 0 saturated heterocycles. The molecular weight excluding hydrogens is 283 g/mol. The van der Waals surface area contributed by atoms with Crippen molar-refractivity contribution >= 4 is 22.5 Å². The molecule has 0 spiro atoms. The van der Waals surface area contributed by atoms with Gasteiger partial charge >= 0.3 is 0 Å². The smallest absolute Gasteiger partial charge is 0.272 e. The van der Waals surface area contributed by atoms with Crippen LogP contribution in [0.15, 0.2) is 36.7 Å². The molecule has 1 N–H and O–H groups in total. The van der Waals surface area contributed by atoms with E-state index in [2.05, 4.69) is 10.4 Å². The van der Waals surface area contributed by atoms with E-state index in [-0.39, 0.29) is 17.8 Å². The summed E-state index contributed by atoms with van der Waals surface area (Å²) in [6, 6.07) is 6.45. The molecule has 0 bridgehead atoms. The van der Waals surface area contributed by atoms with Gasteiger partial charge in [-0.1, -0.05) is 0 Å². The molecule has 3 aromatic rings. The van der Waals surface area contributed by atoms with Gasteiger partial charge in [0, 0.05) is 24.7 Å². The zero-order valence-corrected chi connectivity index (χ0v) is 12.7. The lowest BCUT2D eigenvalue weighted by Crippen LogP contribution is -2.15. The highest BCUT2D eigenvalue weighted by atomic mass is 19.1. The molecular formula is C16H17FN4O. The summed E-state index contributed by atoms with van der Waals surface area (Å²) in [4.78, 5) is 12.4. The highest BCUT2D eigenvalue weighted by molar-refractivity contribution is 6.06. The zero-order chi connectivity index (χ0) is 15.9. The van der Waals surface area contributed by atoms with Gasteiger partial charge in [-0.2, -0.15) is 5.10 Å². The molecule has 22 heavy (non-hydrogen) atoms. The fourth-order valence-corrected chi connectivity index (χ4v) is 2.40. The second kappa shape index (κ2) is 5.29. The topological polar surface area (TPSA) is 51.9 Å². The molecule has 5 nitrogen and oxygen atoms in total. The summed E-state index contributed by atoms with van der Waals surface area (Å²) >= 11 is 0. The van der Waals surface area contributed by atoms with Gasteiger partial charge in [0.25, 0.3) is 5.91 Å². The SMILES string of the molecule is CC(C)n1cc(NC(=O)c2cc3ccc(F)cc3n2C)cn1. The Labute approximate surface area is 127 Å². The number of halogens is 1. The molecule has 3 rings (SSSR count). The maximum atomic E-state index is 13.3. The van der Waals surface area contributed by atoms with Gasteiger partial charge in [-0.15, -0.1) is 0 Å². The van der Waals surface area contributed by atoms with Gasteiger partial charge in [0.05, 0.1) is 17.4 Å². The Kier molecular flexibility index (Phi) is 3.44. The lowest BCUT2D eigenvalue weighted by molar-refractivity contribution is 0.101. The zero-order valence-electron chi connectivity index (χ0n) is 12.7. The van der Waals surface area contributed by atoms with Crippen molar-refractivity contribution in [2.75, 3.05) is 5.32 Å². The molecule has 1 amide bonds. The van der Waals surface area contributed by atoms with Gasteiger partial charge < -0.3 is 9.88 Å². The molecule has 114 valence electrons. The molecule has 0 saturated carbocycles.